The van der Waals surface area contributed by atoms with Crippen LogP contribution in [0.15, 0.2) is 47.1 Å². The van der Waals surface area contributed by atoms with Crippen molar-refractivity contribution >= 4 is 23.6 Å². The molecule has 5 nitrogen and oxygen atoms in total. The van der Waals surface area contributed by atoms with Gasteiger partial charge >= 0.3 is 0 Å². The van der Waals surface area contributed by atoms with Gasteiger partial charge in [0.2, 0.25) is 11.8 Å². The van der Waals surface area contributed by atoms with E-state index in [1.54, 1.807) is 24.5 Å². The molecule has 1 aliphatic heterocycles. The number of anilines is 1. The van der Waals surface area contributed by atoms with Gasteiger partial charge in [-0.1, -0.05) is 6.07 Å². The van der Waals surface area contributed by atoms with Crippen molar-refractivity contribution in [3.8, 4) is 0 Å². The fraction of sp³-hybridized carbons (Fsp3) is 0.300. The highest BCUT2D eigenvalue weighted by molar-refractivity contribution is 6.01. The molecule has 2 aromatic rings. The molecule has 4 rings (SSSR count). The number of carbonyl (C=O) groups is 2. The minimum atomic E-state index is -0.210. The van der Waals surface area contributed by atoms with E-state index in [-0.39, 0.29) is 17.7 Å². The summed E-state index contributed by atoms with van der Waals surface area (Å²) in [6.07, 6.45) is 7.57. The van der Waals surface area contributed by atoms with Crippen LogP contribution >= 0.6 is 0 Å². The molecule has 0 radical (unpaired) electrons. The zero-order valence-corrected chi connectivity index (χ0v) is 13.9. The second-order valence-corrected chi connectivity index (χ2v) is 6.61. The molecule has 0 atom stereocenters. The van der Waals surface area contributed by atoms with Gasteiger partial charge in [-0.15, -0.1) is 0 Å². The molecule has 0 saturated heterocycles. The molecule has 2 heterocycles. The molecular formula is C20H20N2O3. The monoisotopic (exact) mass is 336 g/mol. The molecule has 25 heavy (non-hydrogen) atoms. The Morgan fingerprint density at radius 3 is 2.84 bits per heavy atom. The van der Waals surface area contributed by atoms with Gasteiger partial charge in [-0.05, 0) is 60.7 Å². The highest BCUT2D eigenvalue weighted by Crippen LogP contribution is 2.33. The van der Waals surface area contributed by atoms with Crippen molar-refractivity contribution < 1.29 is 14.0 Å². The summed E-state index contributed by atoms with van der Waals surface area (Å²) in [5.74, 6) is 0.950. The van der Waals surface area contributed by atoms with Crippen LogP contribution in [0, 0.1) is 5.92 Å². The molecule has 5 heteroatoms. The van der Waals surface area contributed by atoms with Crippen molar-refractivity contribution in [2.75, 3.05) is 11.9 Å². The van der Waals surface area contributed by atoms with Gasteiger partial charge in [0, 0.05) is 30.8 Å². The normalized spacial score (nSPS) is 16.7. The molecule has 1 saturated carbocycles. The summed E-state index contributed by atoms with van der Waals surface area (Å²) in [4.78, 5) is 26.3. The molecule has 128 valence electrons. The van der Waals surface area contributed by atoms with Crippen LogP contribution in [-0.4, -0.2) is 23.3 Å². The summed E-state index contributed by atoms with van der Waals surface area (Å²) in [6, 6.07) is 9.49. The van der Waals surface area contributed by atoms with E-state index in [2.05, 4.69) is 5.32 Å². The smallest absolute Gasteiger partial charge is 0.248 e. The van der Waals surface area contributed by atoms with E-state index in [9.17, 15) is 9.59 Å². The fourth-order valence-corrected chi connectivity index (χ4v) is 3.14. The Bertz CT molecular complexity index is 819. The molecule has 0 bridgehead atoms. The van der Waals surface area contributed by atoms with Gasteiger partial charge in [-0.2, -0.15) is 0 Å². The van der Waals surface area contributed by atoms with E-state index in [1.165, 1.54) is 11.6 Å². The number of hydrogen-bond donors (Lipinski definition) is 1. The van der Waals surface area contributed by atoms with E-state index in [1.807, 2.05) is 23.1 Å². The Balaban J connectivity index is 1.42. The van der Waals surface area contributed by atoms with Crippen LogP contribution < -0.4 is 5.32 Å². The largest absolute Gasteiger partial charge is 0.465 e. The minimum absolute atomic E-state index is 0.210. The van der Waals surface area contributed by atoms with Crippen LogP contribution in [0.2, 0.25) is 0 Å². The highest BCUT2D eigenvalue weighted by Gasteiger charge is 2.34. The van der Waals surface area contributed by atoms with E-state index in [4.69, 9.17) is 4.42 Å². The number of furan rings is 1. The lowest BCUT2D eigenvalue weighted by Crippen LogP contribution is -2.36. The molecule has 1 aliphatic carbocycles. The molecule has 1 aromatic carbocycles. The predicted molar refractivity (Wildman–Crippen MR) is 94.7 cm³/mol. The third kappa shape index (κ3) is 3.65. The Kier molecular flexibility index (Phi) is 4.14. The van der Waals surface area contributed by atoms with E-state index in [0.29, 0.717) is 12.3 Å². The van der Waals surface area contributed by atoms with E-state index in [0.717, 1.165) is 37.1 Å². The molecule has 1 fully saturated rings. The highest BCUT2D eigenvalue weighted by atomic mass is 16.3. The quantitative estimate of drug-likeness (QED) is 0.872. The van der Waals surface area contributed by atoms with Gasteiger partial charge in [-0.25, -0.2) is 0 Å². The zero-order chi connectivity index (χ0) is 17.2. The first kappa shape index (κ1) is 15.7. The fourth-order valence-electron chi connectivity index (χ4n) is 3.14. The summed E-state index contributed by atoms with van der Waals surface area (Å²) in [6.45, 7) is 1.43. The standard InChI is InChI=1S/C20H20N2O3/c23-19(8-7-18-2-1-11-25-18)21-17-6-5-14-9-10-22(13-16(14)12-17)20(24)15-3-4-15/h1-2,5-8,11-12,15H,3-4,9-10,13H2,(H,21,23). The third-order valence-corrected chi connectivity index (χ3v) is 4.67. The number of hydrogen-bond acceptors (Lipinski definition) is 3. The summed E-state index contributed by atoms with van der Waals surface area (Å²) in [5.41, 5.74) is 3.12. The maximum atomic E-state index is 12.3. The van der Waals surface area contributed by atoms with Crippen molar-refractivity contribution in [2.45, 2.75) is 25.8 Å². The first-order chi connectivity index (χ1) is 12.2. The molecule has 1 N–H and O–H groups in total. The van der Waals surface area contributed by atoms with Gasteiger partial charge < -0.3 is 14.6 Å². The number of nitrogens with zero attached hydrogens (tertiary/aromatic N) is 1. The maximum Gasteiger partial charge on any atom is 0.248 e. The second-order valence-electron chi connectivity index (χ2n) is 6.61. The van der Waals surface area contributed by atoms with Crippen LogP contribution in [0.25, 0.3) is 6.08 Å². The number of rotatable bonds is 4. The minimum Gasteiger partial charge on any atom is -0.465 e. The summed E-state index contributed by atoms with van der Waals surface area (Å²) >= 11 is 0. The van der Waals surface area contributed by atoms with Gasteiger partial charge in [0.25, 0.3) is 0 Å². The SMILES string of the molecule is O=C(C=Cc1ccco1)Nc1ccc2c(c1)CN(C(=O)C1CC1)CC2. The molecular weight excluding hydrogens is 316 g/mol. The Hall–Kier alpha value is -2.82. The first-order valence-corrected chi connectivity index (χ1v) is 8.62. The molecule has 2 amide bonds. The van der Waals surface area contributed by atoms with Crippen molar-refractivity contribution in [1.82, 2.24) is 4.90 Å². The van der Waals surface area contributed by atoms with Gasteiger partial charge in [0.15, 0.2) is 0 Å². The van der Waals surface area contributed by atoms with Crippen molar-refractivity contribution in [2.24, 2.45) is 5.92 Å². The number of benzene rings is 1. The van der Waals surface area contributed by atoms with Gasteiger partial charge in [0.05, 0.1) is 6.26 Å². The average Bonchev–Trinajstić information content (AvgIpc) is 3.34. The Labute approximate surface area is 146 Å². The van der Waals surface area contributed by atoms with E-state index < -0.39 is 0 Å². The maximum absolute atomic E-state index is 12.3. The van der Waals surface area contributed by atoms with Crippen molar-refractivity contribution in [3.05, 3.63) is 59.6 Å². The van der Waals surface area contributed by atoms with Gasteiger partial charge in [-0.3, -0.25) is 9.59 Å². The number of fused-ring (bicyclic) bond motifs is 1. The average molecular weight is 336 g/mol. The third-order valence-electron chi connectivity index (χ3n) is 4.67. The van der Waals surface area contributed by atoms with Gasteiger partial charge in [0.1, 0.15) is 5.76 Å². The second kappa shape index (κ2) is 6.59. The predicted octanol–water partition coefficient (Wildman–Crippen LogP) is 3.23. The van der Waals surface area contributed by atoms with Crippen molar-refractivity contribution in [3.63, 3.8) is 0 Å². The number of carbonyl (C=O) groups excluding carboxylic acids is 2. The lowest BCUT2D eigenvalue weighted by molar-refractivity contribution is -0.133. The first-order valence-electron chi connectivity index (χ1n) is 8.62. The van der Waals surface area contributed by atoms with Crippen LogP contribution in [0.5, 0.6) is 0 Å². The summed E-state index contributed by atoms with van der Waals surface area (Å²) < 4.78 is 5.16. The van der Waals surface area contributed by atoms with Crippen molar-refractivity contribution in [1.29, 1.82) is 0 Å². The molecule has 2 aliphatic rings. The Morgan fingerprint density at radius 1 is 1.20 bits per heavy atom. The van der Waals surface area contributed by atoms with Crippen LogP contribution in [0.3, 0.4) is 0 Å². The summed E-state index contributed by atoms with van der Waals surface area (Å²) in [5, 5.41) is 2.86. The zero-order valence-electron chi connectivity index (χ0n) is 13.9. The molecule has 0 spiro atoms. The summed E-state index contributed by atoms with van der Waals surface area (Å²) in [7, 11) is 0. The van der Waals surface area contributed by atoms with Crippen LogP contribution in [0.1, 0.15) is 29.7 Å². The van der Waals surface area contributed by atoms with Crippen LogP contribution in [-0.2, 0) is 22.6 Å². The van der Waals surface area contributed by atoms with E-state index >= 15 is 0 Å². The lowest BCUT2D eigenvalue weighted by Gasteiger charge is -2.29. The molecule has 0 unspecified atom stereocenters. The van der Waals surface area contributed by atoms with Crippen LogP contribution in [0.4, 0.5) is 5.69 Å². The number of nitrogens with one attached hydrogen (secondary N) is 1. The number of amides is 2. The molecule has 1 aromatic heterocycles. The Morgan fingerprint density at radius 2 is 2.08 bits per heavy atom. The lowest BCUT2D eigenvalue weighted by atomic mass is 9.98. The topological polar surface area (TPSA) is 62.6 Å².